The van der Waals surface area contributed by atoms with E-state index in [1.807, 2.05) is 25.1 Å². The number of rotatable bonds is 7. The van der Waals surface area contributed by atoms with Crippen molar-refractivity contribution in [2.45, 2.75) is 36.1 Å². The van der Waals surface area contributed by atoms with Crippen LogP contribution in [0.1, 0.15) is 24.8 Å². The summed E-state index contributed by atoms with van der Waals surface area (Å²) in [7, 11) is -1.92. The summed E-state index contributed by atoms with van der Waals surface area (Å²) in [6, 6.07) is 14.2. The zero-order valence-electron chi connectivity index (χ0n) is 18.7. The number of aryl methyl sites for hydroxylation is 1. The van der Waals surface area contributed by atoms with E-state index >= 15 is 0 Å². The van der Waals surface area contributed by atoms with Gasteiger partial charge in [0, 0.05) is 30.2 Å². The largest absolute Gasteiger partial charge is 0.497 e. The van der Waals surface area contributed by atoms with Crippen LogP contribution in [0.3, 0.4) is 0 Å². The maximum Gasteiger partial charge on any atom is 0.243 e. The standard InChI is InChI=1S/C24H27N3O4S2/c1-17-13-24(32-16-23(28)25-18-7-6-8-19(14-18)31-2)26-22-10-9-20(15-21(17)22)33(29,30)27-11-4-3-5-12-27/h6-10,13-15H,3-5,11-12,16H2,1-2H3,(H,25,28). The summed E-state index contributed by atoms with van der Waals surface area (Å²) in [6.07, 6.45) is 2.88. The number of amides is 1. The van der Waals surface area contributed by atoms with Gasteiger partial charge in [-0.25, -0.2) is 13.4 Å². The van der Waals surface area contributed by atoms with E-state index in [2.05, 4.69) is 10.3 Å². The molecule has 4 rings (SSSR count). The second kappa shape index (κ2) is 10.1. The van der Waals surface area contributed by atoms with E-state index in [1.54, 1.807) is 41.7 Å². The number of carbonyl (C=O) groups excluding carboxylic acids is 1. The number of methoxy groups -OCH3 is 1. The number of ether oxygens (including phenoxy) is 1. The normalized spacial score (nSPS) is 14.8. The van der Waals surface area contributed by atoms with Gasteiger partial charge in [0.25, 0.3) is 0 Å². The van der Waals surface area contributed by atoms with E-state index in [-0.39, 0.29) is 11.7 Å². The lowest BCUT2D eigenvalue weighted by Gasteiger charge is -2.26. The monoisotopic (exact) mass is 485 g/mol. The molecule has 0 aliphatic carbocycles. The van der Waals surface area contributed by atoms with Crippen LogP contribution in [0.5, 0.6) is 5.75 Å². The molecule has 174 valence electrons. The Hall–Kier alpha value is -2.62. The van der Waals surface area contributed by atoms with Crippen LogP contribution in [0.4, 0.5) is 5.69 Å². The first-order valence-electron chi connectivity index (χ1n) is 10.8. The van der Waals surface area contributed by atoms with Crippen LogP contribution in [0.2, 0.25) is 0 Å². The summed E-state index contributed by atoms with van der Waals surface area (Å²) in [5, 5.41) is 4.37. The van der Waals surface area contributed by atoms with Crippen molar-refractivity contribution >= 4 is 44.3 Å². The predicted molar refractivity (Wildman–Crippen MR) is 131 cm³/mol. The highest BCUT2D eigenvalue weighted by atomic mass is 32.2. The number of nitrogens with one attached hydrogen (secondary N) is 1. The van der Waals surface area contributed by atoms with Crippen molar-refractivity contribution in [2.24, 2.45) is 0 Å². The van der Waals surface area contributed by atoms with Gasteiger partial charge in [-0.2, -0.15) is 4.31 Å². The summed E-state index contributed by atoms with van der Waals surface area (Å²) in [6.45, 7) is 3.08. The molecule has 3 aromatic rings. The highest BCUT2D eigenvalue weighted by molar-refractivity contribution is 7.99. The molecule has 2 aromatic carbocycles. The molecule has 1 aliphatic rings. The van der Waals surface area contributed by atoms with E-state index in [4.69, 9.17) is 4.74 Å². The molecule has 0 saturated carbocycles. The summed E-state index contributed by atoms with van der Waals surface area (Å²) in [4.78, 5) is 17.3. The van der Waals surface area contributed by atoms with Crippen LogP contribution >= 0.6 is 11.8 Å². The number of piperidine rings is 1. The minimum atomic E-state index is -3.50. The fourth-order valence-corrected chi connectivity index (χ4v) is 6.19. The quantitative estimate of drug-likeness (QED) is 0.497. The second-order valence-corrected chi connectivity index (χ2v) is 10.9. The van der Waals surface area contributed by atoms with Crippen LogP contribution in [0.15, 0.2) is 58.5 Å². The number of pyridine rings is 1. The first-order valence-corrected chi connectivity index (χ1v) is 13.3. The minimum Gasteiger partial charge on any atom is -0.497 e. The van der Waals surface area contributed by atoms with Gasteiger partial charge in [0.15, 0.2) is 0 Å². The molecule has 1 aliphatic heterocycles. The van der Waals surface area contributed by atoms with Crippen LogP contribution in [-0.2, 0) is 14.8 Å². The molecule has 1 N–H and O–H groups in total. The van der Waals surface area contributed by atoms with E-state index in [9.17, 15) is 13.2 Å². The number of anilines is 1. The second-order valence-electron chi connectivity index (χ2n) is 7.99. The maximum atomic E-state index is 13.0. The summed E-state index contributed by atoms with van der Waals surface area (Å²) < 4.78 is 32.8. The Morgan fingerprint density at radius 3 is 2.67 bits per heavy atom. The van der Waals surface area contributed by atoms with Crippen LogP contribution in [0, 0.1) is 6.92 Å². The minimum absolute atomic E-state index is 0.143. The molecule has 0 unspecified atom stereocenters. The fraction of sp³-hybridized carbons (Fsp3) is 0.333. The lowest BCUT2D eigenvalue weighted by Crippen LogP contribution is -2.35. The summed E-state index contributed by atoms with van der Waals surface area (Å²) in [5.41, 5.74) is 2.31. The summed E-state index contributed by atoms with van der Waals surface area (Å²) in [5.74, 6) is 0.737. The number of thioether (sulfide) groups is 1. The van der Waals surface area contributed by atoms with E-state index in [0.717, 1.165) is 30.2 Å². The van der Waals surface area contributed by atoms with Crippen LogP contribution < -0.4 is 10.1 Å². The average Bonchev–Trinajstić information content (AvgIpc) is 2.83. The zero-order chi connectivity index (χ0) is 23.4. The number of hydrogen-bond acceptors (Lipinski definition) is 6. The third kappa shape index (κ3) is 5.48. The number of carbonyl (C=O) groups is 1. The zero-order valence-corrected chi connectivity index (χ0v) is 20.3. The van der Waals surface area contributed by atoms with Gasteiger partial charge in [0.1, 0.15) is 5.75 Å². The Morgan fingerprint density at radius 2 is 1.91 bits per heavy atom. The van der Waals surface area contributed by atoms with Crippen molar-refractivity contribution in [2.75, 3.05) is 31.3 Å². The molecule has 1 fully saturated rings. The number of nitrogens with zero attached hydrogens (tertiary/aromatic N) is 2. The Bertz CT molecular complexity index is 1270. The lowest BCUT2D eigenvalue weighted by molar-refractivity contribution is -0.113. The van der Waals surface area contributed by atoms with Crippen molar-refractivity contribution < 1.29 is 17.9 Å². The van der Waals surface area contributed by atoms with Crippen LogP contribution in [0.25, 0.3) is 10.9 Å². The van der Waals surface area contributed by atoms with Crippen molar-refractivity contribution in [3.63, 3.8) is 0 Å². The highest BCUT2D eigenvalue weighted by Crippen LogP contribution is 2.28. The molecule has 9 heteroatoms. The number of hydrogen-bond donors (Lipinski definition) is 1. The summed E-state index contributed by atoms with van der Waals surface area (Å²) >= 11 is 1.34. The molecular weight excluding hydrogens is 458 g/mol. The molecule has 0 bridgehead atoms. The third-order valence-corrected chi connectivity index (χ3v) is 8.43. The molecule has 1 saturated heterocycles. The number of fused-ring (bicyclic) bond motifs is 1. The first kappa shape index (κ1) is 23.5. The maximum absolute atomic E-state index is 13.0. The van der Waals surface area contributed by atoms with Gasteiger partial charge in [0.05, 0.1) is 28.3 Å². The third-order valence-electron chi connectivity index (χ3n) is 5.62. The molecule has 0 radical (unpaired) electrons. The fourth-order valence-electron chi connectivity index (χ4n) is 3.87. The highest BCUT2D eigenvalue weighted by Gasteiger charge is 2.26. The molecule has 2 heterocycles. The Morgan fingerprint density at radius 1 is 1.12 bits per heavy atom. The van der Waals surface area contributed by atoms with Crippen molar-refractivity contribution in [1.82, 2.24) is 9.29 Å². The lowest BCUT2D eigenvalue weighted by atomic mass is 10.1. The molecule has 0 atom stereocenters. The smallest absolute Gasteiger partial charge is 0.243 e. The van der Waals surface area contributed by atoms with Crippen molar-refractivity contribution in [3.8, 4) is 5.75 Å². The van der Waals surface area contributed by atoms with E-state index in [1.165, 1.54) is 11.8 Å². The Balaban J connectivity index is 1.47. The van der Waals surface area contributed by atoms with Gasteiger partial charge in [-0.05, 0) is 61.7 Å². The van der Waals surface area contributed by atoms with Gasteiger partial charge >= 0.3 is 0 Å². The number of benzene rings is 2. The predicted octanol–water partition coefficient (Wildman–Crippen LogP) is 4.46. The molecule has 0 spiro atoms. The Kier molecular flexibility index (Phi) is 7.21. The van der Waals surface area contributed by atoms with Gasteiger partial charge < -0.3 is 10.1 Å². The molecular formula is C24H27N3O4S2. The molecule has 7 nitrogen and oxygen atoms in total. The molecule has 33 heavy (non-hydrogen) atoms. The van der Waals surface area contributed by atoms with Crippen LogP contribution in [-0.4, -0.2) is 49.6 Å². The van der Waals surface area contributed by atoms with E-state index < -0.39 is 10.0 Å². The molecule has 1 amide bonds. The van der Waals surface area contributed by atoms with Gasteiger partial charge in [-0.1, -0.05) is 24.2 Å². The number of aromatic nitrogens is 1. The topological polar surface area (TPSA) is 88.6 Å². The van der Waals surface area contributed by atoms with Gasteiger partial charge in [-0.15, -0.1) is 0 Å². The SMILES string of the molecule is COc1cccc(NC(=O)CSc2cc(C)c3cc(S(=O)(=O)N4CCCCC4)ccc3n2)c1. The first-order chi connectivity index (χ1) is 15.9. The number of sulfonamides is 1. The average molecular weight is 486 g/mol. The van der Waals surface area contributed by atoms with Crippen molar-refractivity contribution in [3.05, 3.63) is 54.1 Å². The van der Waals surface area contributed by atoms with Gasteiger partial charge in [-0.3, -0.25) is 4.79 Å². The van der Waals surface area contributed by atoms with E-state index in [0.29, 0.717) is 40.0 Å². The van der Waals surface area contributed by atoms with Gasteiger partial charge in [0.2, 0.25) is 15.9 Å². The Labute approximate surface area is 198 Å². The molecule has 1 aromatic heterocycles. The van der Waals surface area contributed by atoms with Crippen molar-refractivity contribution in [1.29, 1.82) is 0 Å².